The van der Waals surface area contributed by atoms with E-state index in [4.69, 9.17) is 0 Å². The molecule has 0 aromatic rings. The van der Waals surface area contributed by atoms with Crippen molar-refractivity contribution in [3.63, 3.8) is 0 Å². The normalized spacial score (nSPS) is 27.4. The van der Waals surface area contributed by atoms with Gasteiger partial charge in [-0.25, -0.2) is 0 Å². The fourth-order valence-electron chi connectivity index (χ4n) is 2.08. The summed E-state index contributed by atoms with van der Waals surface area (Å²) in [6, 6.07) is 0.440. The van der Waals surface area contributed by atoms with Gasteiger partial charge in [-0.1, -0.05) is 0 Å². The van der Waals surface area contributed by atoms with Crippen LogP contribution in [0.4, 0.5) is 0 Å². The highest BCUT2D eigenvalue weighted by Gasteiger charge is 2.28. The van der Waals surface area contributed by atoms with Crippen molar-refractivity contribution in [3.8, 4) is 0 Å². The van der Waals surface area contributed by atoms with Crippen molar-refractivity contribution in [2.75, 3.05) is 20.1 Å². The first-order valence-corrected chi connectivity index (χ1v) is 5.74. The first-order chi connectivity index (χ1) is 6.77. The predicted octanol–water partition coefficient (Wildman–Crippen LogP) is 0.997. The van der Waals surface area contributed by atoms with E-state index in [1.807, 2.05) is 11.9 Å². The molecule has 0 radical (unpaired) electrons. The molecule has 0 unspecified atom stereocenters. The monoisotopic (exact) mass is 196 g/mol. The molecule has 2 rings (SSSR count). The third-order valence-electron chi connectivity index (χ3n) is 3.37. The molecular weight excluding hydrogens is 176 g/mol. The van der Waals surface area contributed by atoms with Crippen LogP contribution in [0.15, 0.2) is 0 Å². The van der Waals surface area contributed by atoms with Crippen molar-refractivity contribution in [3.05, 3.63) is 0 Å². The maximum atomic E-state index is 11.8. The molecule has 0 aromatic carbocycles. The summed E-state index contributed by atoms with van der Waals surface area (Å²) in [4.78, 5) is 13.8. The molecule has 0 aromatic heterocycles. The molecule has 2 fully saturated rings. The fraction of sp³-hybridized carbons (Fsp3) is 0.909. The van der Waals surface area contributed by atoms with Crippen LogP contribution in [0.2, 0.25) is 0 Å². The summed E-state index contributed by atoms with van der Waals surface area (Å²) < 4.78 is 0. The lowest BCUT2D eigenvalue weighted by Crippen LogP contribution is -2.46. The summed E-state index contributed by atoms with van der Waals surface area (Å²) in [5.74, 6) is 1.06. The summed E-state index contributed by atoms with van der Waals surface area (Å²) in [6.45, 7) is 2.09. The van der Waals surface area contributed by atoms with Crippen molar-refractivity contribution >= 4 is 5.91 Å². The Bertz CT molecular complexity index is 207. The maximum Gasteiger partial charge on any atom is 0.222 e. The molecule has 1 amide bonds. The number of amides is 1. The lowest BCUT2D eigenvalue weighted by Gasteiger charge is -2.31. The van der Waals surface area contributed by atoms with Gasteiger partial charge in [0, 0.05) is 26.1 Å². The zero-order valence-corrected chi connectivity index (χ0v) is 8.96. The lowest BCUT2D eigenvalue weighted by atomic mass is 10.1. The molecule has 1 atom stereocenters. The van der Waals surface area contributed by atoms with Gasteiger partial charge < -0.3 is 10.2 Å². The zero-order valence-electron chi connectivity index (χ0n) is 8.96. The Kier molecular flexibility index (Phi) is 3.06. The Hall–Kier alpha value is -0.570. The predicted molar refractivity (Wildman–Crippen MR) is 56.0 cm³/mol. The van der Waals surface area contributed by atoms with Gasteiger partial charge in [-0.05, 0) is 38.1 Å². The average molecular weight is 196 g/mol. The van der Waals surface area contributed by atoms with E-state index in [1.54, 1.807) is 0 Å². The second-order valence-electron chi connectivity index (χ2n) is 4.65. The van der Waals surface area contributed by atoms with E-state index in [0.29, 0.717) is 17.9 Å². The molecular formula is C11H20N2O. The topological polar surface area (TPSA) is 32.3 Å². The Morgan fingerprint density at radius 1 is 1.43 bits per heavy atom. The van der Waals surface area contributed by atoms with Crippen LogP contribution in [0.5, 0.6) is 0 Å². The van der Waals surface area contributed by atoms with Gasteiger partial charge in [-0.3, -0.25) is 4.79 Å². The van der Waals surface area contributed by atoms with E-state index in [-0.39, 0.29) is 0 Å². The highest BCUT2D eigenvalue weighted by atomic mass is 16.2. The van der Waals surface area contributed by atoms with Crippen molar-refractivity contribution < 1.29 is 4.79 Å². The molecule has 1 aliphatic carbocycles. The van der Waals surface area contributed by atoms with Crippen LogP contribution in [0, 0.1) is 5.92 Å². The van der Waals surface area contributed by atoms with E-state index in [9.17, 15) is 4.79 Å². The molecule has 1 heterocycles. The van der Waals surface area contributed by atoms with Gasteiger partial charge in [0.05, 0.1) is 0 Å². The molecule has 1 saturated carbocycles. The van der Waals surface area contributed by atoms with E-state index in [2.05, 4.69) is 5.32 Å². The minimum absolute atomic E-state index is 0.348. The van der Waals surface area contributed by atoms with Crippen LogP contribution in [0.3, 0.4) is 0 Å². The molecule has 1 saturated heterocycles. The Morgan fingerprint density at radius 3 is 2.79 bits per heavy atom. The van der Waals surface area contributed by atoms with Gasteiger partial charge in [-0.15, -0.1) is 0 Å². The molecule has 0 spiro atoms. The standard InChI is InChI=1S/C11H20N2O/c1-13(10-3-2-6-12-8-10)11(14)7-9-4-5-9/h9-10,12H,2-8H2,1H3/t10-/m1/s1. The van der Waals surface area contributed by atoms with Crippen molar-refractivity contribution in [1.82, 2.24) is 10.2 Å². The largest absolute Gasteiger partial charge is 0.341 e. The van der Waals surface area contributed by atoms with Crippen LogP contribution in [-0.4, -0.2) is 37.0 Å². The third-order valence-corrected chi connectivity index (χ3v) is 3.37. The van der Waals surface area contributed by atoms with Crippen LogP contribution < -0.4 is 5.32 Å². The number of carbonyl (C=O) groups excluding carboxylic acids is 1. The number of likely N-dealkylation sites (N-methyl/N-ethyl adjacent to an activating group) is 1. The molecule has 1 aliphatic heterocycles. The van der Waals surface area contributed by atoms with Crippen LogP contribution in [0.1, 0.15) is 32.1 Å². The summed E-state index contributed by atoms with van der Waals surface area (Å²) in [7, 11) is 1.96. The van der Waals surface area contributed by atoms with Gasteiger partial charge in [0.1, 0.15) is 0 Å². The SMILES string of the molecule is CN(C(=O)CC1CC1)[C@@H]1CCCNC1. The number of nitrogens with one attached hydrogen (secondary N) is 1. The van der Waals surface area contributed by atoms with Crippen molar-refractivity contribution in [2.45, 2.75) is 38.1 Å². The van der Waals surface area contributed by atoms with Crippen LogP contribution in [0.25, 0.3) is 0 Å². The van der Waals surface area contributed by atoms with E-state index >= 15 is 0 Å². The van der Waals surface area contributed by atoms with Gasteiger partial charge in [-0.2, -0.15) is 0 Å². The number of hydrogen-bond acceptors (Lipinski definition) is 2. The second kappa shape index (κ2) is 4.30. The first-order valence-electron chi connectivity index (χ1n) is 5.74. The highest BCUT2D eigenvalue weighted by molar-refractivity contribution is 5.76. The van der Waals surface area contributed by atoms with Gasteiger partial charge in [0.25, 0.3) is 0 Å². The summed E-state index contributed by atoms with van der Waals surface area (Å²) >= 11 is 0. The van der Waals surface area contributed by atoms with E-state index in [1.165, 1.54) is 25.7 Å². The third kappa shape index (κ3) is 2.47. The summed E-state index contributed by atoms with van der Waals surface area (Å²) in [5.41, 5.74) is 0. The summed E-state index contributed by atoms with van der Waals surface area (Å²) in [5, 5.41) is 3.35. The maximum absolute atomic E-state index is 11.8. The van der Waals surface area contributed by atoms with E-state index in [0.717, 1.165) is 19.5 Å². The van der Waals surface area contributed by atoms with Crippen LogP contribution >= 0.6 is 0 Å². The molecule has 3 heteroatoms. The zero-order chi connectivity index (χ0) is 9.97. The minimum Gasteiger partial charge on any atom is -0.341 e. The quantitative estimate of drug-likeness (QED) is 0.730. The fourth-order valence-corrected chi connectivity index (χ4v) is 2.08. The number of piperidine rings is 1. The molecule has 1 N–H and O–H groups in total. The summed E-state index contributed by atoms with van der Waals surface area (Å²) in [6.07, 6.45) is 5.68. The first kappa shape index (κ1) is 9.97. The van der Waals surface area contributed by atoms with Gasteiger partial charge in [0.15, 0.2) is 0 Å². The van der Waals surface area contributed by atoms with Crippen LogP contribution in [-0.2, 0) is 4.79 Å². The molecule has 2 aliphatic rings. The Balaban J connectivity index is 1.78. The number of carbonyl (C=O) groups is 1. The number of nitrogens with zero attached hydrogens (tertiary/aromatic N) is 1. The van der Waals surface area contributed by atoms with Gasteiger partial charge >= 0.3 is 0 Å². The molecule has 80 valence electrons. The number of rotatable bonds is 3. The van der Waals surface area contributed by atoms with Crippen molar-refractivity contribution in [2.24, 2.45) is 5.92 Å². The Morgan fingerprint density at radius 2 is 2.21 bits per heavy atom. The number of hydrogen-bond donors (Lipinski definition) is 1. The average Bonchev–Trinajstić information content (AvgIpc) is 3.02. The minimum atomic E-state index is 0.348. The van der Waals surface area contributed by atoms with Crippen molar-refractivity contribution in [1.29, 1.82) is 0 Å². The van der Waals surface area contributed by atoms with Gasteiger partial charge in [0.2, 0.25) is 5.91 Å². The smallest absolute Gasteiger partial charge is 0.222 e. The Labute approximate surface area is 85.8 Å². The molecule has 0 bridgehead atoms. The lowest BCUT2D eigenvalue weighted by molar-refractivity contribution is -0.132. The highest BCUT2D eigenvalue weighted by Crippen LogP contribution is 2.33. The second-order valence-corrected chi connectivity index (χ2v) is 4.65. The molecule has 3 nitrogen and oxygen atoms in total. The molecule has 14 heavy (non-hydrogen) atoms. The van der Waals surface area contributed by atoms with E-state index < -0.39 is 0 Å².